The monoisotopic (exact) mass is 277 g/mol. The number of carbonyl (C=O) groups excluding carboxylic acids is 2. The van der Waals surface area contributed by atoms with Crippen LogP contribution < -0.4 is 4.74 Å². The van der Waals surface area contributed by atoms with E-state index in [0.717, 1.165) is 11.3 Å². The largest absolute Gasteiger partial charge is 0.497 e. The van der Waals surface area contributed by atoms with Gasteiger partial charge in [0.15, 0.2) is 0 Å². The summed E-state index contributed by atoms with van der Waals surface area (Å²) in [6, 6.07) is 6.90. The first-order valence-corrected chi connectivity index (χ1v) is 6.64. The molecule has 0 spiro atoms. The van der Waals surface area contributed by atoms with E-state index in [9.17, 15) is 9.59 Å². The molecule has 108 valence electrons. The first kappa shape index (κ1) is 14.4. The van der Waals surface area contributed by atoms with Crippen LogP contribution >= 0.6 is 0 Å². The summed E-state index contributed by atoms with van der Waals surface area (Å²) in [4.78, 5) is 25.4. The number of likely N-dealkylation sites (tertiary alicyclic amines) is 1. The summed E-state index contributed by atoms with van der Waals surface area (Å²) in [7, 11) is 3.25. The number of methoxy groups -OCH3 is 1. The van der Waals surface area contributed by atoms with Crippen LogP contribution in [0.4, 0.5) is 0 Å². The second kappa shape index (κ2) is 5.94. The van der Waals surface area contributed by atoms with Crippen LogP contribution in [-0.4, -0.2) is 43.6 Å². The molecule has 1 aromatic rings. The Morgan fingerprint density at radius 3 is 2.55 bits per heavy atom. The number of hydrogen-bond acceptors (Lipinski definition) is 4. The number of amides is 1. The van der Waals surface area contributed by atoms with Crippen LogP contribution in [0.1, 0.15) is 24.8 Å². The van der Waals surface area contributed by atoms with E-state index in [-0.39, 0.29) is 17.8 Å². The van der Waals surface area contributed by atoms with E-state index in [1.165, 1.54) is 4.90 Å². The molecule has 0 unspecified atom stereocenters. The van der Waals surface area contributed by atoms with Gasteiger partial charge in [0.05, 0.1) is 13.7 Å². The molecule has 0 N–H and O–H groups in total. The van der Waals surface area contributed by atoms with E-state index in [2.05, 4.69) is 0 Å². The fourth-order valence-electron chi connectivity index (χ4n) is 2.57. The molecule has 0 radical (unpaired) electrons. The number of rotatable bonds is 4. The highest BCUT2D eigenvalue weighted by Gasteiger charge is 2.43. The normalized spacial score (nSPS) is 21.9. The second-order valence-electron chi connectivity index (χ2n) is 4.79. The van der Waals surface area contributed by atoms with Crippen LogP contribution in [-0.2, 0) is 14.3 Å². The van der Waals surface area contributed by atoms with Crippen molar-refractivity contribution in [2.45, 2.75) is 25.3 Å². The van der Waals surface area contributed by atoms with E-state index < -0.39 is 6.04 Å². The highest BCUT2D eigenvalue weighted by Crippen LogP contribution is 2.34. The lowest BCUT2D eigenvalue weighted by Crippen LogP contribution is -2.39. The topological polar surface area (TPSA) is 55.8 Å². The van der Waals surface area contributed by atoms with Crippen molar-refractivity contribution in [2.24, 2.45) is 0 Å². The molecule has 1 saturated heterocycles. The Kier molecular flexibility index (Phi) is 4.27. The van der Waals surface area contributed by atoms with Gasteiger partial charge in [-0.05, 0) is 24.6 Å². The minimum Gasteiger partial charge on any atom is -0.497 e. The maximum absolute atomic E-state index is 12.1. The van der Waals surface area contributed by atoms with Gasteiger partial charge < -0.3 is 14.4 Å². The number of likely N-dealkylation sites (N-methyl/N-ethyl adjacent to an activating group) is 1. The number of hydrogen-bond donors (Lipinski definition) is 0. The zero-order valence-corrected chi connectivity index (χ0v) is 12.0. The molecule has 5 nitrogen and oxygen atoms in total. The van der Waals surface area contributed by atoms with Gasteiger partial charge in [-0.3, -0.25) is 4.79 Å². The van der Waals surface area contributed by atoms with Gasteiger partial charge in [0.2, 0.25) is 5.91 Å². The third kappa shape index (κ3) is 2.61. The van der Waals surface area contributed by atoms with Crippen LogP contribution in [0.15, 0.2) is 24.3 Å². The van der Waals surface area contributed by atoms with Crippen LogP contribution in [0.2, 0.25) is 0 Å². The number of carbonyl (C=O) groups is 2. The molecule has 0 aliphatic carbocycles. The molecular formula is C15H19NO4. The molecule has 2 rings (SSSR count). The number of esters is 1. The van der Waals surface area contributed by atoms with E-state index in [1.54, 1.807) is 21.1 Å². The van der Waals surface area contributed by atoms with E-state index in [1.807, 2.05) is 24.3 Å². The molecule has 20 heavy (non-hydrogen) atoms. The Balaban J connectivity index is 2.27. The van der Waals surface area contributed by atoms with Gasteiger partial charge in [0.1, 0.15) is 11.8 Å². The molecular weight excluding hydrogens is 258 g/mol. The maximum atomic E-state index is 12.1. The summed E-state index contributed by atoms with van der Waals surface area (Å²) < 4.78 is 10.2. The predicted molar refractivity (Wildman–Crippen MR) is 73.5 cm³/mol. The number of ether oxygens (including phenoxy) is 2. The van der Waals surface area contributed by atoms with Gasteiger partial charge in [0.25, 0.3) is 0 Å². The van der Waals surface area contributed by atoms with Crippen molar-refractivity contribution in [1.29, 1.82) is 0 Å². The van der Waals surface area contributed by atoms with Crippen molar-refractivity contribution < 1.29 is 19.1 Å². The highest BCUT2D eigenvalue weighted by molar-refractivity contribution is 5.90. The Bertz CT molecular complexity index is 497. The van der Waals surface area contributed by atoms with Crippen LogP contribution in [0, 0.1) is 0 Å². The van der Waals surface area contributed by atoms with Crippen LogP contribution in [0.25, 0.3) is 0 Å². The molecule has 2 atom stereocenters. The fraction of sp³-hybridized carbons (Fsp3) is 0.467. The van der Waals surface area contributed by atoms with Crippen molar-refractivity contribution in [3.8, 4) is 5.75 Å². The summed E-state index contributed by atoms with van der Waals surface area (Å²) in [6.45, 7) is 2.07. The van der Waals surface area contributed by atoms with E-state index >= 15 is 0 Å². The molecule has 1 heterocycles. The smallest absolute Gasteiger partial charge is 0.329 e. The highest BCUT2D eigenvalue weighted by atomic mass is 16.5. The summed E-state index contributed by atoms with van der Waals surface area (Å²) in [5.74, 6) is 0.196. The van der Waals surface area contributed by atoms with Crippen molar-refractivity contribution in [1.82, 2.24) is 4.90 Å². The SMILES string of the molecule is CCOC(=O)[C@H]1[C@@H](c2ccc(OC)cc2)CC(=O)N1C. The van der Waals surface area contributed by atoms with E-state index in [0.29, 0.717) is 13.0 Å². The molecule has 0 saturated carbocycles. The molecule has 1 aliphatic rings. The number of benzene rings is 1. The molecule has 1 amide bonds. The molecule has 0 aromatic heterocycles. The molecule has 1 aliphatic heterocycles. The minimum absolute atomic E-state index is 0.0381. The summed E-state index contributed by atoms with van der Waals surface area (Å²) in [6.07, 6.45) is 0.326. The van der Waals surface area contributed by atoms with Gasteiger partial charge >= 0.3 is 5.97 Å². The second-order valence-corrected chi connectivity index (χ2v) is 4.79. The standard InChI is InChI=1S/C15H19NO4/c1-4-20-15(18)14-12(9-13(17)16(14)2)10-5-7-11(19-3)8-6-10/h5-8,12,14H,4,9H2,1-3H3/t12-,14-/m1/s1. The van der Waals surface area contributed by atoms with Crippen molar-refractivity contribution in [2.75, 3.05) is 20.8 Å². The molecule has 1 fully saturated rings. The molecule has 0 bridgehead atoms. The Morgan fingerprint density at radius 1 is 1.35 bits per heavy atom. The average molecular weight is 277 g/mol. The van der Waals surface area contributed by atoms with Crippen molar-refractivity contribution in [3.05, 3.63) is 29.8 Å². The van der Waals surface area contributed by atoms with Crippen LogP contribution in [0.3, 0.4) is 0 Å². The summed E-state index contributed by atoms with van der Waals surface area (Å²) >= 11 is 0. The Labute approximate surface area is 118 Å². The van der Waals surface area contributed by atoms with Gasteiger partial charge in [-0.15, -0.1) is 0 Å². The maximum Gasteiger partial charge on any atom is 0.329 e. The summed E-state index contributed by atoms with van der Waals surface area (Å²) in [5, 5.41) is 0. The predicted octanol–water partition coefficient (Wildman–Crippen LogP) is 1.57. The molecule has 5 heteroatoms. The van der Waals surface area contributed by atoms with Crippen LogP contribution in [0.5, 0.6) is 5.75 Å². The number of nitrogens with zero attached hydrogens (tertiary/aromatic N) is 1. The fourth-order valence-corrected chi connectivity index (χ4v) is 2.57. The third-order valence-electron chi connectivity index (χ3n) is 3.66. The third-order valence-corrected chi connectivity index (χ3v) is 3.66. The quantitative estimate of drug-likeness (QED) is 0.784. The first-order chi connectivity index (χ1) is 9.58. The minimum atomic E-state index is -0.546. The lowest BCUT2D eigenvalue weighted by Gasteiger charge is -2.23. The van der Waals surface area contributed by atoms with Gasteiger partial charge in [-0.1, -0.05) is 12.1 Å². The summed E-state index contributed by atoms with van der Waals surface area (Å²) in [5.41, 5.74) is 0.946. The van der Waals surface area contributed by atoms with Crippen molar-refractivity contribution in [3.63, 3.8) is 0 Å². The Morgan fingerprint density at radius 2 is 2.00 bits per heavy atom. The van der Waals surface area contributed by atoms with Gasteiger partial charge in [-0.25, -0.2) is 4.79 Å². The van der Waals surface area contributed by atoms with Gasteiger partial charge in [0, 0.05) is 19.4 Å². The van der Waals surface area contributed by atoms with Crippen molar-refractivity contribution >= 4 is 11.9 Å². The average Bonchev–Trinajstić information content (AvgIpc) is 2.75. The zero-order chi connectivity index (χ0) is 14.7. The van der Waals surface area contributed by atoms with E-state index in [4.69, 9.17) is 9.47 Å². The Hall–Kier alpha value is -2.04. The lowest BCUT2D eigenvalue weighted by molar-refractivity contribution is -0.150. The zero-order valence-electron chi connectivity index (χ0n) is 12.0. The first-order valence-electron chi connectivity index (χ1n) is 6.64. The van der Waals surface area contributed by atoms with Gasteiger partial charge in [-0.2, -0.15) is 0 Å². The molecule has 1 aromatic carbocycles. The lowest BCUT2D eigenvalue weighted by atomic mass is 9.91.